The lowest BCUT2D eigenvalue weighted by Crippen LogP contribution is -2.32. The Kier molecular flexibility index (Phi) is 3.07. The Morgan fingerprint density at radius 3 is 2.95 bits per heavy atom. The molecule has 1 N–H and O–H groups in total. The molecule has 2 aliphatic heterocycles. The Balaban J connectivity index is 1.62. The van der Waals surface area contributed by atoms with Crippen molar-refractivity contribution < 1.29 is 4.79 Å². The van der Waals surface area contributed by atoms with Gasteiger partial charge in [-0.1, -0.05) is 29.5 Å². The van der Waals surface area contributed by atoms with E-state index in [-0.39, 0.29) is 12.0 Å². The number of fused-ring (bicyclic) bond motifs is 3. The zero-order chi connectivity index (χ0) is 14.2. The van der Waals surface area contributed by atoms with Crippen molar-refractivity contribution in [3.8, 4) is 11.3 Å². The molecule has 1 atom stereocenters. The van der Waals surface area contributed by atoms with Crippen LogP contribution in [0.15, 0.2) is 30.5 Å². The molecule has 21 heavy (non-hydrogen) atoms. The average molecular weight is 282 g/mol. The maximum absolute atomic E-state index is 12.6. The second-order valence-electron chi connectivity index (χ2n) is 5.86. The first-order valence-electron chi connectivity index (χ1n) is 7.57. The minimum atomic E-state index is 0.0149. The highest BCUT2D eigenvalue weighted by Gasteiger charge is 2.33. The molecule has 5 nitrogen and oxygen atoms in total. The molecular weight excluding hydrogens is 264 g/mol. The third-order valence-electron chi connectivity index (χ3n) is 4.65. The van der Waals surface area contributed by atoms with Gasteiger partial charge in [-0.25, -0.2) is 4.68 Å². The average Bonchev–Trinajstić information content (AvgIpc) is 3.11. The second-order valence-corrected chi connectivity index (χ2v) is 5.86. The first-order valence-corrected chi connectivity index (χ1v) is 7.57. The van der Waals surface area contributed by atoms with Gasteiger partial charge in [0.1, 0.15) is 5.78 Å². The number of benzene rings is 1. The third kappa shape index (κ3) is 2.08. The van der Waals surface area contributed by atoms with Gasteiger partial charge in [-0.3, -0.25) is 4.79 Å². The number of hydrogen-bond acceptors (Lipinski definition) is 4. The maximum atomic E-state index is 12.6. The monoisotopic (exact) mass is 282 g/mol. The second kappa shape index (κ2) is 5.07. The van der Waals surface area contributed by atoms with Crippen LogP contribution in [0.3, 0.4) is 0 Å². The number of nitrogens with one attached hydrogen (secondary N) is 1. The van der Waals surface area contributed by atoms with Gasteiger partial charge in [0.25, 0.3) is 0 Å². The molecule has 2 aliphatic rings. The van der Waals surface area contributed by atoms with Gasteiger partial charge >= 0.3 is 0 Å². The number of carbonyl (C=O) groups is 1. The van der Waals surface area contributed by atoms with Crippen LogP contribution in [0.1, 0.15) is 30.9 Å². The number of Topliss-reactive ketones (excluding diaryl/α,β-unsaturated/α-hetero) is 1. The molecule has 0 bridgehead atoms. The van der Waals surface area contributed by atoms with E-state index < -0.39 is 0 Å². The van der Waals surface area contributed by atoms with Gasteiger partial charge in [-0.2, -0.15) is 0 Å². The summed E-state index contributed by atoms with van der Waals surface area (Å²) in [6, 6.07) is 8.25. The van der Waals surface area contributed by atoms with Crippen LogP contribution in [0.5, 0.6) is 0 Å². The molecular formula is C16H18N4O. The Bertz CT molecular complexity index is 672. The Hall–Kier alpha value is -2.01. The van der Waals surface area contributed by atoms with Gasteiger partial charge in [0.05, 0.1) is 17.9 Å². The number of rotatable bonds is 3. The van der Waals surface area contributed by atoms with Crippen molar-refractivity contribution >= 4 is 5.78 Å². The summed E-state index contributed by atoms with van der Waals surface area (Å²) in [5, 5.41) is 11.5. The molecule has 1 aromatic heterocycles. The van der Waals surface area contributed by atoms with Crippen LogP contribution in [0.25, 0.3) is 11.3 Å². The van der Waals surface area contributed by atoms with Crippen LogP contribution in [0.4, 0.5) is 0 Å². The fourth-order valence-electron chi connectivity index (χ4n) is 3.52. The lowest BCUT2D eigenvalue weighted by Gasteiger charge is -2.23. The molecule has 0 aliphatic carbocycles. The maximum Gasteiger partial charge on any atom is 0.138 e. The molecule has 1 fully saturated rings. The van der Waals surface area contributed by atoms with Crippen LogP contribution in [0.2, 0.25) is 0 Å². The standard InChI is InChI=1S/C16H18N4O/c21-16(11-5-7-17-8-6-11)9-14-12-3-1-2-4-13(12)15-10-18-19-20(14)15/h1-4,10-11,14,17H,5-9H2. The molecule has 1 saturated heterocycles. The molecule has 0 spiro atoms. The molecule has 0 saturated carbocycles. The van der Waals surface area contributed by atoms with Crippen molar-refractivity contribution in [2.75, 3.05) is 13.1 Å². The minimum absolute atomic E-state index is 0.0149. The molecule has 5 heteroatoms. The summed E-state index contributed by atoms with van der Waals surface area (Å²) in [7, 11) is 0. The van der Waals surface area contributed by atoms with E-state index in [1.54, 1.807) is 6.20 Å². The van der Waals surface area contributed by atoms with E-state index in [1.807, 2.05) is 16.8 Å². The molecule has 0 radical (unpaired) electrons. The lowest BCUT2D eigenvalue weighted by atomic mass is 9.88. The minimum Gasteiger partial charge on any atom is -0.317 e. The van der Waals surface area contributed by atoms with E-state index >= 15 is 0 Å². The summed E-state index contributed by atoms with van der Waals surface area (Å²) in [5.41, 5.74) is 3.38. The largest absolute Gasteiger partial charge is 0.317 e. The molecule has 3 heterocycles. The highest BCUT2D eigenvalue weighted by molar-refractivity contribution is 5.83. The van der Waals surface area contributed by atoms with Crippen molar-refractivity contribution in [3.05, 3.63) is 36.0 Å². The Labute approximate surface area is 123 Å². The van der Waals surface area contributed by atoms with Crippen LogP contribution < -0.4 is 5.32 Å². The number of hydrogen-bond donors (Lipinski definition) is 1. The predicted octanol–water partition coefficient (Wildman–Crippen LogP) is 1.81. The number of nitrogens with zero attached hydrogens (tertiary/aromatic N) is 3. The zero-order valence-corrected chi connectivity index (χ0v) is 11.8. The molecule has 1 unspecified atom stereocenters. The van der Waals surface area contributed by atoms with E-state index in [2.05, 4.69) is 27.8 Å². The Morgan fingerprint density at radius 1 is 1.29 bits per heavy atom. The molecule has 0 amide bonds. The summed E-state index contributed by atoms with van der Waals surface area (Å²) in [4.78, 5) is 12.6. The van der Waals surface area contributed by atoms with Crippen molar-refractivity contribution in [2.45, 2.75) is 25.3 Å². The summed E-state index contributed by atoms with van der Waals surface area (Å²) in [5.74, 6) is 0.561. The molecule has 4 rings (SSSR count). The normalized spacial score (nSPS) is 21.0. The number of carbonyl (C=O) groups excluding carboxylic acids is 1. The molecule has 1 aromatic carbocycles. The van der Waals surface area contributed by atoms with Gasteiger partial charge in [-0.15, -0.1) is 5.10 Å². The number of aromatic nitrogens is 3. The van der Waals surface area contributed by atoms with E-state index in [0.29, 0.717) is 12.2 Å². The van der Waals surface area contributed by atoms with Gasteiger partial charge in [0.15, 0.2) is 0 Å². The van der Waals surface area contributed by atoms with Crippen LogP contribution in [-0.4, -0.2) is 33.9 Å². The number of piperidine rings is 1. The number of ketones is 1. The molecule has 2 aromatic rings. The van der Waals surface area contributed by atoms with E-state index in [4.69, 9.17) is 0 Å². The van der Waals surface area contributed by atoms with Crippen molar-refractivity contribution in [2.24, 2.45) is 5.92 Å². The van der Waals surface area contributed by atoms with Crippen LogP contribution in [-0.2, 0) is 4.79 Å². The summed E-state index contributed by atoms with van der Waals surface area (Å²) in [6.07, 6.45) is 4.22. The summed E-state index contributed by atoms with van der Waals surface area (Å²) < 4.78 is 1.91. The third-order valence-corrected chi connectivity index (χ3v) is 4.65. The first-order chi connectivity index (χ1) is 10.3. The van der Waals surface area contributed by atoms with Crippen molar-refractivity contribution in [1.82, 2.24) is 20.3 Å². The fourth-order valence-corrected chi connectivity index (χ4v) is 3.52. The summed E-state index contributed by atoms with van der Waals surface area (Å²) >= 11 is 0. The van der Waals surface area contributed by atoms with E-state index in [9.17, 15) is 4.79 Å². The van der Waals surface area contributed by atoms with Gasteiger partial charge in [-0.05, 0) is 31.5 Å². The van der Waals surface area contributed by atoms with Crippen LogP contribution >= 0.6 is 0 Å². The van der Waals surface area contributed by atoms with Gasteiger partial charge in [0.2, 0.25) is 0 Å². The lowest BCUT2D eigenvalue weighted by molar-refractivity contribution is -0.124. The summed E-state index contributed by atoms with van der Waals surface area (Å²) in [6.45, 7) is 1.90. The topological polar surface area (TPSA) is 59.8 Å². The smallest absolute Gasteiger partial charge is 0.138 e. The SMILES string of the molecule is O=C(CC1c2ccccc2-c2cnnn21)C1CCNCC1. The van der Waals surface area contributed by atoms with Crippen LogP contribution in [0, 0.1) is 5.92 Å². The van der Waals surface area contributed by atoms with Crippen molar-refractivity contribution in [3.63, 3.8) is 0 Å². The Morgan fingerprint density at radius 2 is 2.10 bits per heavy atom. The molecule has 108 valence electrons. The predicted molar refractivity (Wildman–Crippen MR) is 78.8 cm³/mol. The first kappa shape index (κ1) is 12.7. The van der Waals surface area contributed by atoms with Gasteiger partial charge in [0, 0.05) is 17.9 Å². The highest BCUT2D eigenvalue weighted by atomic mass is 16.1. The fraction of sp³-hybridized carbons (Fsp3) is 0.438. The quantitative estimate of drug-likeness (QED) is 0.932. The zero-order valence-electron chi connectivity index (χ0n) is 11.8. The van der Waals surface area contributed by atoms with E-state index in [1.165, 1.54) is 5.56 Å². The highest BCUT2D eigenvalue weighted by Crippen LogP contribution is 2.40. The van der Waals surface area contributed by atoms with Gasteiger partial charge < -0.3 is 5.32 Å². The van der Waals surface area contributed by atoms with Crippen molar-refractivity contribution in [1.29, 1.82) is 0 Å². The van der Waals surface area contributed by atoms with E-state index in [0.717, 1.165) is 37.2 Å².